The standard InChI is InChI=1S/C24H19N7O4/c1-29-21-20(22(32)27-24(29)33)30(14-17-7-4-6-16-5-2-3-8-19(16)17)23(26-21)28-25-13-15-9-11-18(12-10-15)31(34)35/h2-13H,14H2,1H3,(H,26,28)(H,27,32,33). The number of aryl methyl sites for hydroxylation is 1. The van der Waals surface area contributed by atoms with Crippen molar-refractivity contribution < 1.29 is 4.92 Å². The number of benzene rings is 3. The summed E-state index contributed by atoms with van der Waals surface area (Å²) in [7, 11) is 1.53. The topological polar surface area (TPSA) is 140 Å². The van der Waals surface area contributed by atoms with Crippen molar-refractivity contribution in [2.24, 2.45) is 12.1 Å². The minimum atomic E-state index is -0.571. The summed E-state index contributed by atoms with van der Waals surface area (Å²) in [6, 6.07) is 19.7. The van der Waals surface area contributed by atoms with E-state index in [1.807, 2.05) is 42.5 Å². The van der Waals surface area contributed by atoms with Gasteiger partial charge in [-0.2, -0.15) is 10.1 Å². The van der Waals surface area contributed by atoms with Crippen LogP contribution < -0.4 is 16.7 Å². The predicted molar refractivity (Wildman–Crippen MR) is 133 cm³/mol. The van der Waals surface area contributed by atoms with Gasteiger partial charge in [0, 0.05) is 19.2 Å². The number of fused-ring (bicyclic) bond motifs is 2. The van der Waals surface area contributed by atoms with Crippen LogP contribution in [0, 0.1) is 10.1 Å². The first-order valence-corrected chi connectivity index (χ1v) is 10.6. The van der Waals surface area contributed by atoms with Crippen LogP contribution in [0.25, 0.3) is 21.9 Å². The second kappa shape index (κ2) is 8.71. The number of aromatic amines is 1. The molecule has 0 unspecified atom stereocenters. The molecule has 35 heavy (non-hydrogen) atoms. The number of non-ortho nitro benzene ring substituents is 1. The first kappa shape index (κ1) is 21.8. The number of H-pyrrole nitrogens is 1. The minimum absolute atomic E-state index is 0.0212. The van der Waals surface area contributed by atoms with Gasteiger partial charge in [-0.15, -0.1) is 0 Å². The smallest absolute Gasteiger partial charge is 0.298 e. The number of anilines is 1. The second-order valence-corrected chi connectivity index (χ2v) is 7.87. The van der Waals surface area contributed by atoms with Crippen LogP contribution in [0.15, 0.2) is 81.4 Å². The summed E-state index contributed by atoms with van der Waals surface area (Å²) in [6.45, 7) is 0.300. The Morgan fingerprint density at radius 3 is 2.60 bits per heavy atom. The fraction of sp³-hybridized carbons (Fsp3) is 0.0833. The molecule has 0 atom stereocenters. The Morgan fingerprint density at radius 2 is 1.83 bits per heavy atom. The van der Waals surface area contributed by atoms with Crippen LogP contribution in [-0.4, -0.2) is 30.2 Å². The van der Waals surface area contributed by atoms with E-state index in [2.05, 4.69) is 20.5 Å². The van der Waals surface area contributed by atoms with Crippen LogP contribution in [0.5, 0.6) is 0 Å². The highest BCUT2D eigenvalue weighted by molar-refractivity contribution is 5.86. The molecular weight excluding hydrogens is 450 g/mol. The van der Waals surface area contributed by atoms with Crippen LogP contribution in [0.4, 0.5) is 11.6 Å². The second-order valence-electron chi connectivity index (χ2n) is 7.87. The summed E-state index contributed by atoms with van der Waals surface area (Å²) in [5.74, 6) is 0.262. The van der Waals surface area contributed by atoms with E-state index in [0.29, 0.717) is 12.1 Å². The Hall–Kier alpha value is -5.06. The van der Waals surface area contributed by atoms with E-state index < -0.39 is 16.2 Å². The van der Waals surface area contributed by atoms with Gasteiger partial charge in [-0.05, 0) is 34.0 Å². The van der Waals surface area contributed by atoms with Crippen molar-refractivity contribution in [3.8, 4) is 0 Å². The number of hydrogen-bond donors (Lipinski definition) is 2. The van der Waals surface area contributed by atoms with Crippen LogP contribution in [-0.2, 0) is 13.6 Å². The van der Waals surface area contributed by atoms with Crippen molar-refractivity contribution in [3.63, 3.8) is 0 Å². The number of hydrogen-bond acceptors (Lipinski definition) is 7. The minimum Gasteiger partial charge on any atom is -0.298 e. The van der Waals surface area contributed by atoms with Gasteiger partial charge in [0.05, 0.1) is 17.7 Å². The Morgan fingerprint density at radius 1 is 1.09 bits per heavy atom. The molecule has 2 N–H and O–H groups in total. The Kier molecular flexibility index (Phi) is 5.41. The van der Waals surface area contributed by atoms with E-state index in [1.165, 1.54) is 30.0 Å². The number of aromatic nitrogens is 4. The van der Waals surface area contributed by atoms with Crippen molar-refractivity contribution in [3.05, 3.63) is 109 Å². The molecule has 3 aromatic carbocycles. The van der Waals surface area contributed by atoms with Gasteiger partial charge in [-0.3, -0.25) is 29.0 Å². The molecule has 0 aliphatic heterocycles. The summed E-state index contributed by atoms with van der Waals surface area (Å²) >= 11 is 0. The Balaban J connectivity index is 1.57. The van der Waals surface area contributed by atoms with Gasteiger partial charge in [-0.1, -0.05) is 42.5 Å². The third kappa shape index (κ3) is 4.06. The Labute approximate surface area is 197 Å². The largest absolute Gasteiger partial charge is 0.329 e. The Bertz CT molecular complexity index is 1720. The predicted octanol–water partition coefficient (Wildman–Crippen LogP) is 2.98. The number of nitro benzene ring substituents is 1. The zero-order chi connectivity index (χ0) is 24.5. The molecule has 0 saturated heterocycles. The number of rotatable bonds is 6. The molecule has 5 aromatic rings. The molecule has 0 saturated carbocycles. The molecular formula is C24H19N7O4. The molecule has 174 valence electrons. The molecule has 0 spiro atoms. The fourth-order valence-corrected chi connectivity index (χ4v) is 3.92. The van der Waals surface area contributed by atoms with E-state index in [1.54, 1.807) is 16.7 Å². The zero-order valence-corrected chi connectivity index (χ0v) is 18.5. The van der Waals surface area contributed by atoms with Gasteiger partial charge >= 0.3 is 5.69 Å². The third-order valence-corrected chi connectivity index (χ3v) is 5.70. The van der Waals surface area contributed by atoms with Crippen LogP contribution in [0.1, 0.15) is 11.1 Å². The highest BCUT2D eigenvalue weighted by atomic mass is 16.6. The SMILES string of the molecule is Cn1c(=O)[nH]c(=O)c2c1nc(NN=Cc1ccc([N+](=O)[O-])cc1)n2Cc1cccc2ccccc12. The number of imidazole rings is 1. The molecule has 0 aliphatic rings. The summed E-state index contributed by atoms with van der Waals surface area (Å²) < 4.78 is 2.93. The average Bonchev–Trinajstić information content (AvgIpc) is 3.22. The lowest BCUT2D eigenvalue weighted by Crippen LogP contribution is -2.29. The van der Waals surface area contributed by atoms with Gasteiger partial charge in [0.25, 0.3) is 11.2 Å². The van der Waals surface area contributed by atoms with E-state index in [4.69, 9.17) is 0 Å². The molecule has 2 heterocycles. The average molecular weight is 469 g/mol. The summed E-state index contributed by atoms with van der Waals surface area (Å²) in [4.78, 5) is 42.1. The van der Waals surface area contributed by atoms with Crippen molar-refractivity contribution in [2.75, 3.05) is 5.43 Å². The van der Waals surface area contributed by atoms with Crippen LogP contribution in [0.2, 0.25) is 0 Å². The first-order chi connectivity index (χ1) is 16.9. The van der Waals surface area contributed by atoms with E-state index >= 15 is 0 Å². The quantitative estimate of drug-likeness (QED) is 0.223. The number of nitrogens with zero attached hydrogens (tertiary/aromatic N) is 5. The summed E-state index contributed by atoms with van der Waals surface area (Å²) in [6.07, 6.45) is 1.48. The normalized spacial score (nSPS) is 11.5. The number of nitrogens with one attached hydrogen (secondary N) is 2. The van der Waals surface area contributed by atoms with Gasteiger partial charge in [0.1, 0.15) is 0 Å². The van der Waals surface area contributed by atoms with Gasteiger partial charge in [0.2, 0.25) is 5.95 Å². The maximum absolute atomic E-state index is 12.8. The highest BCUT2D eigenvalue weighted by Crippen LogP contribution is 2.23. The molecule has 2 aromatic heterocycles. The maximum atomic E-state index is 12.8. The van der Waals surface area contributed by atoms with E-state index in [-0.39, 0.29) is 22.8 Å². The van der Waals surface area contributed by atoms with Gasteiger partial charge in [0.15, 0.2) is 11.2 Å². The monoisotopic (exact) mass is 469 g/mol. The first-order valence-electron chi connectivity index (χ1n) is 10.6. The molecule has 0 fully saturated rings. The molecule has 11 nitrogen and oxygen atoms in total. The molecule has 11 heteroatoms. The molecule has 0 aliphatic carbocycles. The lowest BCUT2D eigenvalue weighted by Gasteiger charge is -2.11. The lowest BCUT2D eigenvalue weighted by atomic mass is 10.0. The third-order valence-electron chi connectivity index (χ3n) is 5.70. The van der Waals surface area contributed by atoms with Crippen molar-refractivity contribution >= 4 is 39.8 Å². The molecule has 0 radical (unpaired) electrons. The van der Waals surface area contributed by atoms with Gasteiger partial charge < -0.3 is 0 Å². The maximum Gasteiger partial charge on any atom is 0.329 e. The number of hydrazone groups is 1. The molecule has 0 bridgehead atoms. The van der Waals surface area contributed by atoms with E-state index in [0.717, 1.165) is 16.3 Å². The highest BCUT2D eigenvalue weighted by Gasteiger charge is 2.18. The summed E-state index contributed by atoms with van der Waals surface area (Å²) in [5.41, 5.74) is 3.74. The van der Waals surface area contributed by atoms with Gasteiger partial charge in [-0.25, -0.2) is 10.2 Å². The van der Waals surface area contributed by atoms with E-state index in [9.17, 15) is 19.7 Å². The zero-order valence-electron chi connectivity index (χ0n) is 18.5. The van der Waals surface area contributed by atoms with Crippen molar-refractivity contribution in [1.82, 2.24) is 19.1 Å². The van der Waals surface area contributed by atoms with Crippen molar-refractivity contribution in [1.29, 1.82) is 0 Å². The lowest BCUT2D eigenvalue weighted by molar-refractivity contribution is -0.384. The number of nitro groups is 1. The fourth-order valence-electron chi connectivity index (χ4n) is 3.92. The molecule has 5 rings (SSSR count). The molecule has 0 amide bonds. The van der Waals surface area contributed by atoms with Crippen LogP contribution >= 0.6 is 0 Å². The summed E-state index contributed by atoms with van der Waals surface area (Å²) in [5, 5.41) is 17.1. The van der Waals surface area contributed by atoms with Crippen molar-refractivity contribution in [2.45, 2.75) is 6.54 Å². The van der Waals surface area contributed by atoms with Crippen LogP contribution in [0.3, 0.4) is 0 Å².